The molecule has 6 heteroatoms. The van der Waals surface area contributed by atoms with Gasteiger partial charge < -0.3 is 11.5 Å². The third-order valence-corrected chi connectivity index (χ3v) is 3.70. The summed E-state index contributed by atoms with van der Waals surface area (Å²) in [5.74, 6) is 0. The highest BCUT2D eigenvalue weighted by atomic mass is 79.9. The number of halogens is 4. The van der Waals surface area contributed by atoms with Gasteiger partial charge in [0.15, 0.2) is 0 Å². The lowest BCUT2D eigenvalue weighted by atomic mass is 10.3. The minimum Gasteiger partial charge on any atom is -0.398 e. The Bertz CT molecular complexity index is 498. The van der Waals surface area contributed by atoms with Gasteiger partial charge in [0.25, 0.3) is 0 Å². The molecule has 4 N–H and O–H groups in total. The lowest BCUT2D eigenvalue weighted by Crippen LogP contribution is -1.84. The summed E-state index contributed by atoms with van der Waals surface area (Å²) in [6, 6.07) is 10.7. The Morgan fingerprint density at radius 3 is 1.94 bits per heavy atom. The van der Waals surface area contributed by atoms with Gasteiger partial charge in [-0.15, -0.1) is 0 Å². The summed E-state index contributed by atoms with van der Waals surface area (Å²) in [6.07, 6.45) is 0. The molecule has 0 aliphatic carbocycles. The zero-order valence-corrected chi connectivity index (χ0v) is 13.8. The van der Waals surface area contributed by atoms with Crippen molar-refractivity contribution in [1.29, 1.82) is 0 Å². The Morgan fingerprint density at radius 2 is 1.50 bits per heavy atom. The number of anilines is 2. The van der Waals surface area contributed by atoms with Crippen LogP contribution in [-0.4, -0.2) is 0 Å². The van der Waals surface area contributed by atoms with Crippen LogP contribution in [0.15, 0.2) is 45.3 Å². The fraction of sp³-hybridized carbons (Fsp3) is 0. The van der Waals surface area contributed by atoms with Crippen molar-refractivity contribution in [2.24, 2.45) is 0 Å². The van der Waals surface area contributed by atoms with E-state index in [2.05, 4.69) is 31.9 Å². The van der Waals surface area contributed by atoms with Crippen LogP contribution < -0.4 is 11.5 Å². The summed E-state index contributed by atoms with van der Waals surface area (Å²) >= 11 is 17.8. The van der Waals surface area contributed by atoms with E-state index in [0.717, 1.165) is 14.6 Å². The Balaban J connectivity index is 0.000000180. The van der Waals surface area contributed by atoms with E-state index in [9.17, 15) is 0 Å². The zero-order valence-electron chi connectivity index (χ0n) is 9.13. The summed E-state index contributed by atoms with van der Waals surface area (Å²) < 4.78 is 1.94. The van der Waals surface area contributed by atoms with Gasteiger partial charge in [0.05, 0.1) is 10.7 Å². The van der Waals surface area contributed by atoms with Gasteiger partial charge in [-0.25, -0.2) is 0 Å². The van der Waals surface area contributed by atoms with Crippen LogP contribution in [0.4, 0.5) is 11.4 Å². The number of rotatable bonds is 0. The fourth-order valence-corrected chi connectivity index (χ4v) is 2.05. The van der Waals surface area contributed by atoms with Gasteiger partial charge in [-0.1, -0.05) is 39.1 Å². The molecule has 2 rings (SSSR count). The lowest BCUT2D eigenvalue weighted by Gasteiger charge is -1.95. The summed E-state index contributed by atoms with van der Waals surface area (Å²) in [7, 11) is 0. The van der Waals surface area contributed by atoms with Crippen LogP contribution >= 0.6 is 55.1 Å². The first-order valence-electron chi connectivity index (χ1n) is 4.81. The predicted molar refractivity (Wildman–Crippen MR) is 87.1 cm³/mol. The topological polar surface area (TPSA) is 52.0 Å². The van der Waals surface area contributed by atoms with Crippen molar-refractivity contribution in [3.8, 4) is 0 Å². The highest BCUT2D eigenvalue weighted by molar-refractivity contribution is 9.11. The average Bonchev–Trinajstić information content (AvgIpc) is 2.30. The largest absolute Gasteiger partial charge is 0.398 e. The minimum absolute atomic E-state index is 0.502. The van der Waals surface area contributed by atoms with Crippen molar-refractivity contribution in [3.05, 3.63) is 55.4 Å². The predicted octanol–water partition coefficient (Wildman–Crippen LogP) is 5.37. The first-order valence-corrected chi connectivity index (χ1v) is 7.15. The van der Waals surface area contributed by atoms with Gasteiger partial charge in [0.1, 0.15) is 0 Å². The van der Waals surface area contributed by atoms with E-state index in [1.165, 1.54) is 0 Å². The molecule has 0 spiro atoms. The standard InChI is InChI=1S/C6H5Br2N.C6H5Cl2N/c7-4-1-2-5(8)6(9)3-4;7-4-1-2-6(9)5(8)3-4/h2*1-3H,9H2. The van der Waals surface area contributed by atoms with E-state index in [4.69, 9.17) is 34.7 Å². The molecule has 0 amide bonds. The maximum absolute atomic E-state index is 5.60. The molecule has 0 aromatic heterocycles. The minimum atomic E-state index is 0.502. The summed E-state index contributed by atoms with van der Waals surface area (Å²) in [5.41, 5.74) is 12.3. The van der Waals surface area contributed by atoms with Crippen molar-refractivity contribution in [2.75, 3.05) is 11.5 Å². The van der Waals surface area contributed by atoms with Gasteiger partial charge in [0.2, 0.25) is 0 Å². The lowest BCUT2D eigenvalue weighted by molar-refractivity contribution is 1.59. The van der Waals surface area contributed by atoms with Crippen LogP contribution in [0.5, 0.6) is 0 Å². The van der Waals surface area contributed by atoms with Crippen LogP contribution in [0.1, 0.15) is 0 Å². The number of benzene rings is 2. The van der Waals surface area contributed by atoms with Crippen molar-refractivity contribution in [3.63, 3.8) is 0 Å². The average molecular weight is 413 g/mol. The molecule has 2 aromatic rings. The number of nitrogens with two attached hydrogens (primary N) is 2. The van der Waals surface area contributed by atoms with Crippen LogP contribution in [0.3, 0.4) is 0 Å². The van der Waals surface area contributed by atoms with Crippen molar-refractivity contribution in [1.82, 2.24) is 0 Å². The van der Waals surface area contributed by atoms with E-state index in [-0.39, 0.29) is 0 Å². The molecule has 18 heavy (non-hydrogen) atoms. The molecule has 0 heterocycles. The maximum atomic E-state index is 5.60. The molecule has 0 aliphatic rings. The third-order valence-electron chi connectivity index (χ3n) is 1.92. The Hall–Kier alpha value is -0.420. The number of hydrogen-bond donors (Lipinski definition) is 2. The van der Waals surface area contributed by atoms with Gasteiger partial charge >= 0.3 is 0 Å². The van der Waals surface area contributed by atoms with E-state index < -0.39 is 0 Å². The molecular weight excluding hydrogens is 403 g/mol. The molecule has 0 aliphatic heterocycles. The van der Waals surface area contributed by atoms with Crippen molar-refractivity contribution < 1.29 is 0 Å². The van der Waals surface area contributed by atoms with Gasteiger partial charge in [-0.3, -0.25) is 0 Å². The summed E-state index contributed by atoms with van der Waals surface area (Å²) in [4.78, 5) is 0. The molecule has 96 valence electrons. The van der Waals surface area contributed by atoms with Crippen LogP contribution in [0.2, 0.25) is 10.0 Å². The molecule has 0 bridgehead atoms. The third kappa shape index (κ3) is 5.06. The normalized spacial score (nSPS) is 9.56. The zero-order chi connectivity index (χ0) is 13.7. The number of hydrogen-bond acceptors (Lipinski definition) is 2. The van der Waals surface area contributed by atoms with E-state index in [0.29, 0.717) is 15.7 Å². The molecular formula is C12H10Br2Cl2N2. The van der Waals surface area contributed by atoms with Crippen molar-refractivity contribution >= 4 is 66.4 Å². The molecule has 0 radical (unpaired) electrons. The summed E-state index contributed by atoms with van der Waals surface area (Å²) in [5, 5.41) is 1.11. The first kappa shape index (κ1) is 15.6. The summed E-state index contributed by atoms with van der Waals surface area (Å²) in [6.45, 7) is 0. The monoisotopic (exact) mass is 410 g/mol. The smallest absolute Gasteiger partial charge is 0.0650 e. The highest BCUT2D eigenvalue weighted by Crippen LogP contribution is 2.23. The quantitative estimate of drug-likeness (QED) is 0.571. The fourth-order valence-electron chi connectivity index (χ4n) is 1.02. The molecule has 2 aromatic carbocycles. The molecule has 0 unspecified atom stereocenters. The van der Waals surface area contributed by atoms with Gasteiger partial charge in [-0.05, 0) is 52.3 Å². The molecule has 0 fully saturated rings. The molecule has 2 nitrogen and oxygen atoms in total. The molecule has 0 atom stereocenters. The molecule has 0 saturated carbocycles. The Kier molecular flexibility index (Phi) is 6.29. The van der Waals surface area contributed by atoms with Gasteiger partial charge in [0, 0.05) is 19.7 Å². The SMILES string of the molecule is Nc1cc(Br)ccc1Br.Nc1ccc(Cl)cc1Cl. The maximum Gasteiger partial charge on any atom is 0.0650 e. The second-order valence-electron chi connectivity index (χ2n) is 3.33. The van der Waals surface area contributed by atoms with Crippen molar-refractivity contribution in [2.45, 2.75) is 0 Å². The van der Waals surface area contributed by atoms with E-state index in [1.54, 1.807) is 18.2 Å². The molecule has 0 saturated heterocycles. The second kappa shape index (κ2) is 7.24. The Morgan fingerprint density at radius 1 is 0.833 bits per heavy atom. The highest BCUT2D eigenvalue weighted by Gasteiger charge is 1.94. The van der Waals surface area contributed by atoms with Crippen LogP contribution in [0, 0.1) is 0 Å². The first-order chi connectivity index (χ1) is 8.40. The van der Waals surface area contributed by atoms with E-state index in [1.807, 2.05) is 18.2 Å². The second-order valence-corrected chi connectivity index (χ2v) is 5.95. The Labute approximate surface area is 133 Å². The van der Waals surface area contributed by atoms with Crippen LogP contribution in [-0.2, 0) is 0 Å². The van der Waals surface area contributed by atoms with Crippen LogP contribution in [0.25, 0.3) is 0 Å². The number of nitrogen functional groups attached to an aromatic ring is 2. The van der Waals surface area contributed by atoms with Gasteiger partial charge in [-0.2, -0.15) is 0 Å². The van der Waals surface area contributed by atoms with E-state index >= 15 is 0 Å².